The van der Waals surface area contributed by atoms with Crippen molar-refractivity contribution in [1.29, 1.82) is 0 Å². The number of ketones is 1. The fourth-order valence-corrected chi connectivity index (χ4v) is 2.78. The van der Waals surface area contributed by atoms with Crippen LogP contribution in [-0.4, -0.2) is 16.7 Å². The number of aromatic amines is 1. The van der Waals surface area contributed by atoms with Gasteiger partial charge in [0.05, 0.1) is 5.69 Å². The Morgan fingerprint density at radius 1 is 0.900 bits per heavy atom. The van der Waals surface area contributed by atoms with E-state index in [0.29, 0.717) is 5.69 Å². The molecule has 2 N–H and O–H groups in total. The molecule has 0 aromatic carbocycles. The number of carbonyl (C=O) groups excluding carboxylic acids is 2. The molecule has 110 valence electrons. The van der Waals surface area contributed by atoms with Crippen molar-refractivity contribution in [1.82, 2.24) is 4.98 Å². The number of aryl methyl sites for hydroxylation is 1. The maximum Gasteiger partial charge on any atom is 0.298 e. The van der Waals surface area contributed by atoms with Gasteiger partial charge in [0.1, 0.15) is 5.69 Å². The van der Waals surface area contributed by atoms with Crippen molar-refractivity contribution < 1.29 is 9.59 Å². The van der Waals surface area contributed by atoms with Crippen molar-refractivity contribution >= 4 is 17.4 Å². The second-order valence-corrected chi connectivity index (χ2v) is 5.53. The van der Waals surface area contributed by atoms with Gasteiger partial charge >= 0.3 is 0 Å². The number of fused-ring (bicyclic) bond motifs is 1. The van der Waals surface area contributed by atoms with Gasteiger partial charge in [0.15, 0.2) is 0 Å². The predicted octanol–water partition coefficient (Wildman–Crippen LogP) is 3.61. The molecule has 0 unspecified atom stereocenters. The van der Waals surface area contributed by atoms with Gasteiger partial charge in [0.25, 0.3) is 11.7 Å². The topological polar surface area (TPSA) is 62.0 Å². The summed E-state index contributed by atoms with van der Waals surface area (Å²) in [5, 5.41) is 2.73. The average Bonchev–Trinajstić information content (AvgIpc) is 2.90. The molecule has 0 saturated carbocycles. The number of nitrogens with one attached hydrogen (secondary N) is 2. The summed E-state index contributed by atoms with van der Waals surface area (Å²) in [5.74, 6) is -0.915. The van der Waals surface area contributed by atoms with Crippen molar-refractivity contribution in [3.8, 4) is 0 Å². The maximum atomic E-state index is 11.8. The lowest BCUT2D eigenvalue weighted by molar-refractivity contribution is -0.112. The Bertz CT molecular complexity index is 503. The monoisotopic (exact) mass is 276 g/mol. The largest absolute Gasteiger partial charge is 0.354 e. The molecule has 0 atom stereocenters. The van der Waals surface area contributed by atoms with Crippen LogP contribution in [0.5, 0.6) is 0 Å². The van der Waals surface area contributed by atoms with E-state index in [1.807, 2.05) is 0 Å². The van der Waals surface area contributed by atoms with Crippen molar-refractivity contribution in [3.63, 3.8) is 0 Å². The van der Waals surface area contributed by atoms with Crippen LogP contribution < -0.4 is 5.32 Å². The van der Waals surface area contributed by atoms with E-state index in [1.54, 1.807) is 0 Å². The zero-order valence-electron chi connectivity index (χ0n) is 12.5. The minimum absolute atomic E-state index is 0.418. The molecule has 0 saturated heterocycles. The zero-order valence-corrected chi connectivity index (χ0v) is 12.5. The molecule has 2 heterocycles. The van der Waals surface area contributed by atoms with E-state index in [2.05, 4.69) is 24.1 Å². The summed E-state index contributed by atoms with van der Waals surface area (Å²) in [6.45, 7) is 4.36. The van der Waals surface area contributed by atoms with Gasteiger partial charge in [0.2, 0.25) is 0 Å². The van der Waals surface area contributed by atoms with Crippen molar-refractivity contribution in [2.75, 3.05) is 5.32 Å². The molecule has 1 aromatic heterocycles. The summed E-state index contributed by atoms with van der Waals surface area (Å²) in [6.07, 6.45) is 8.85. The van der Waals surface area contributed by atoms with Crippen molar-refractivity contribution in [2.24, 2.45) is 0 Å². The molecule has 0 aliphatic carbocycles. The van der Waals surface area contributed by atoms with Gasteiger partial charge in [-0.25, -0.2) is 0 Å². The number of unbranched alkanes of at least 4 members (excludes halogenated alkanes) is 4. The molecule has 0 spiro atoms. The molecule has 0 radical (unpaired) electrons. The zero-order chi connectivity index (χ0) is 14.5. The summed E-state index contributed by atoms with van der Waals surface area (Å²) in [4.78, 5) is 26.4. The first-order valence-corrected chi connectivity index (χ1v) is 7.78. The van der Waals surface area contributed by atoms with Crippen LogP contribution in [0.25, 0.3) is 0 Å². The molecule has 1 aromatic rings. The van der Waals surface area contributed by atoms with Crippen LogP contribution in [-0.2, 0) is 17.6 Å². The molecular weight excluding hydrogens is 252 g/mol. The Labute approximate surface area is 120 Å². The van der Waals surface area contributed by atoms with Gasteiger partial charge in [-0.15, -0.1) is 0 Å². The van der Waals surface area contributed by atoms with Crippen molar-refractivity contribution in [2.45, 2.75) is 65.2 Å². The van der Waals surface area contributed by atoms with E-state index >= 15 is 0 Å². The second kappa shape index (κ2) is 6.73. The first-order valence-electron chi connectivity index (χ1n) is 7.78. The van der Waals surface area contributed by atoms with Crippen LogP contribution in [0.1, 0.15) is 74.1 Å². The number of amides is 1. The third kappa shape index (κ3) is 2.94. The maximum absolute atomic E-state index is 11.8. The fraction of sp³-hybridized carbons (Fsp3) is 0.625. The van der Waals surface area contributed by atoms with E-state index in [1.165, 1.54) is 25.7 Å². The lowest BCUT2D eigenvalue weighted by Crippen LogP contribution is -2.15. The highest BCUT2D eigenvalue weighted by Gasteiger charge is 2.33. The first kappa shape index (κ1) is 14.8. The summed E-state index contributed by atoms with van der Waals surface area (Å²) in [7, 11) is 0. The Morgan fingerprint density at radius 3 is 2.20 bits per heavy atom. The molecule has 1 amide bonds. The van der Waals surface area contributed by atoms with E-state index in [-0.39, 0.29) is 0 Å². The van der Waals surface area contributed by atoms with Crippen LogP contribution in [0.3, 0.4) is 0 Å². The highest BCUT2D eigenvalue weighted by molar-refractivity contribution is 6.51. The van der Waals surface area contributed by atoms with Crippen LogP contribution in [0.2, 0.25) is 0 Å². The number of carbonyl (C=O) groups is 2. The lowest BCUT2D eigenvalue weighted by Gasteiger charge is -2.06. The number of anilines is 1. The van der Waals surface area contributed by atoms with Gasteiger partial charge in [0, 0.05) is 5.69 Å². The van der Waals surface area contributed by atoms with Gasteiger partial charge in [-0.1, -0.05) is 39.5 Å². The fourth-order valence-electron chi connectivity index (χ4n) is 2.78. The SMILES string of the molecule is CCCCCc1[nH]c2c(c1CCCCC)NC(=O)C2=O. The van der Waals surface area contributed by atoms with E-state index in [4.69, 9.17) is 0 Å². The molecule has 0 bridgehead atoms. The molecule has 0 fully saturated rings. The first-order chi connectivity index (χ1) is 9.69. The highest BCUT2D eigenvalue weighted by atomic mass is 16.2. The number of hydrogen-bond acceptors (Lipinski definition) is 2. The number of rotatable bonds is 8. The van der Waals surface area contributed by atoms with Crippen LogP contribution in [0, 0.1) is 0 Å². The number of Topliss-reactive ketones (excluding diaryl/α,β-unsaturated/α-hetero) is 1. The smallest absolute Gasteiger partial charge is 0.298 e. The summed E-state index contributed by atoms with van der Waals surface area (Å²) in [5.41, 5.74) is 3.53. The van der Waals surface area contributed by atoms with Gasteiger partial charge in [-0.3, -0.25) is 9.59 Å². The third-order valence-corrected chi connectivity index (χ3v) is 3.92. The van der Waals surface area contributed by atoms with Crippen LogP contribution in [0.15, 0.2) is 0 Å². The second-order valence-electron chi connectivity index (χ2n) is 5.53. The molecule has 2 rings (SSSR count). The van der Waals surface area contributed by atoms with Gasteiger partial charge < -0.3 is 10.3 Å². The number of aromatic nitrogens is 1. The normalized spacial score (nSPS) is 13.7. The summed E-state index contributed by atoms with van der Waals surface area (Å²) in [6, 6.07) is 0. The summed E-state index contributed by atoms with van der Waals surface area (Å²) < 4.78 is 0. The number of hydrogen-bond donors (Lipinski definition) is 2. The third-order valence-electron chi connectivity index (χ3n) is 3.92. The minimum atomic E-state index is -0.497. The molecule has 4 heteroatoms. The van der Waals surface area contributed by atoms with E-state index < -0.39 is 11.7 Å². The Balaban J connectivity index is 2.18. The Kier molecular flexibility index (Phi) is 4.99. The van der Waals surface area contributed by atoms with E-state index in [0.717, 1.165) is 42.6 Å². The molecular formula is C16H24N2O2. The molecule has 1 aliphatic rings. The average molecular weight is 276 g/mol. The van der Waals surface area contributed by atoms with Gasteiger partial charge in [-0.05, 0) is 31.2 Å². The molecule has 20 heavy (non-hydrogen) atoms. The molecule has 4 nitrogen and oxygen atoms in total. The van der Waals surface area contributed by atoms with Crippen LogP contribution >= 0.6 is 0 Å². The standard InChI is InChI=1S/C16H24N2O2/c1-3-5-7-9-11-12(10-8-6-4-2)17-14-13(11)18-16(20)15(14)19/h17H,3-10H2,1-2H3,(H,18,19,20). The Hall–Kier alpha value is -1.58. The van der Waals surface area contributed by atoms with E-state index in [9.17, 15) is 9.59 Å². The van der Waals surface area contributed by atoms with Gasteiger partial charge in [-0.2, -0.15) is 0 Å². The number of H-pyrrole nitrogens is 1. The quantitative estimate of drug-likeness (QED) is 0.562. The Morgan fingerprint density at radius 2 is 1.55 bits per heavy atom. The predicted molar refractivity (Wildman–Crippen MR) is 80.2 cm³/mol. The summed E-state index contributed by atoms with van der Waals surface area (Å²) >= 11 is 0. The minimum Gasteiger partial charge on any atom is -0.354 e. The van der Waals surface area contributed by atoms with Crippen molar-refractivity contribution in [3.05, 3.63) is 17.0 Å². The lowest BCUT2D eigenvalue weighted by atomic mass is 10.0. The molecule has 1 aliphatic heterocycles. The highest BCUT2D eigenvalue weighted by Crippen LogP contribution is 2.32. The van der Waals surface area contributed by atoms with Crippen LogP contribution in [0.4, 0.5) is 5.69 Å².